The van der Waals surface area contributed by atoms with Crippen LogP contribution in [-0.4, -0.2) is 48.9 Å². The zero-order chi connectivity index (χ0) is 29.8. The van der Waals surface area contributed by atoms with Gasteiger partial charge in [-0.2, -0.15) is 0 Å². The van der Waals surface area contributed by atoms with Gasteiger partial charge in [-0.1, -0.05) is 96.2 Å². The average Bonchev–Trinajstić information content (AvgIpc) is 3.06. The number of oxime groups is 1. The summed E-state index contributed by atoms with van der Waals surface area (Å²) in [4.78, 5) is 24.5. The van der Waals surface area contributed by atoms with Crippen LogP contribution in [0, 0.1) is 5.82 Å². The Morgan fingerprint density at radius 1 is 0.837 bits per heavy atom. The molecule has 6 nitrogen and oxygen atoms in total. The molecule has 1 aromatic heterocycles. The van der Waals surface area contributed by atoms with Crippen LogP contribution in [0.4, 0.5) is 10.1 Å². The van der Waals surface area contributed by atoms with E-state index in [1.54, 1.807) is 6.20 Å². The van der Waals surface area contributed by atoms with E-state index in [-0.39, 0.29) is 5.43 Å². The van der Waals surface area contributed by atoms with Crippen molar-refractivity contribution in [1.29, 1.82) is 0 Å². The van der Waals surface area contributed by atoms with Crippen molar-refractivity contribution in [2.75, 3.05) is 38.1 Å². The number of aromatic nitrogens is 1. The first-order chi connectivity index (χ1) is 21.0. The molecule has 1 aliphatic rings. The Labute approximate surface area is 251 Å². The van der Waals surface area contributed by atoms with E-state index in [1.165, 1.54) is 12.3 Å². The summed E-state index contributed by atoms with van der Waals surface area (Å²) in [5.74, 6) is -0.390. The lowest BCUT2D eigenvalue weighted by molar-refractivity contribution is 0.0183. The molecule has 0 aliphatic carbocycles. The van der Waals surface area contributed by atoms with Crippen molar-refractivity contribution in [2.24, 2.45) is 5.16 Å². The van der Waals surface area contributed by atoms with Crippen molar-refractivity contribution in [3.8, 4) is 0 Å². The number of aryl methyl sites for hydroxylation is 1. The lowest BCUT2D eigenvalue weighted by Gasteiger charge is -2.34. The summed E-state index contributed by atoms with van der Waals surface area (Å²) in [5.41, 5.74) is 2.89. The first-order valence-electron chi connectivity index (χ1n) is 14.7. The van der Waals surface area contributed by atoms with Gasteiger partial charge in [-0.15, -0.1) is 0 Å². The Bertz CT molecular complexity index is 1680. The summed E-state index contributed by atoms with van der Waals surface area (Å²) in [5, 5.41) is 4.78. The quantitative estimate of drug-likeness (QED) is 0.125. The smallest absolute Gasteiger partial charge is 0.212 e. The maximum Gasteiger partial charge on any atom is 0.212 e. The molecule has 7 heteroatoms. The number of rotatable bonds is 8. The van der Waals surface area contributed by atoms with Crippen molar-refractivity contribution in [3.63, 3.8) is 0 Å². The number of halogens is 1. The molecule has 0 saturated carbocycles. The highest BCUT2D eigenvalue weighted by Crippen LogP contribution is 2.40. The largest absolute Gasteiger partial charge is 0.375 e. The molecule has 1 fully saturated rings. The molecule has 0 bridgehead atoms. The van der Waals surface area contributed by atoms with Crippen LogP contribution in [0.3, 0.4) is 0 Å². The van der Waals surface area contributed by atoms with E-state index in [0.29, 0.717) is 28.7 Å². The predicted molar refractivity (Wildman–Crippen MR) is 171 cm³/mol. The minimum atomic E-state index is -1.07. The fraction of sp³-hybridized carbons (Fsp3) is 0.222. The highest BCUT2D eigenvalue weighted by Gasteiger charge is 2.39. The summed E-state index contributed by atoms with van der Waals surface area (Å²) >= 11 is 0. The van der Waals surface area contributed by atoms with Crippen LogP contribution >= 0.6 is 0 Å². The zero-order valence-corrected chi connectivity index (χ0v) is 24.5. The van der Waals surface area contributed by atoms with Gasteiger partial charge in [-0.05, 0) is 26.1 Å². The minimum Gasteiger partial charge on any atom is -0.375 e. The lowest BCUT2D eigenvalue weighted by Crippen LogP contribution is -2.44. The van der Waals surface area contributed by atoms with Gasteiger partial charge >= 0.3 is 0 Å². The summed E-state index contributed by atoms with van der Waals surface area (Å²) < 4.78 is 17.4. The van der Waals surface area contributed by atoms with E-state index in [1.807, 2.05) is 109 Å². The molecule has 0 amide bonds. The molecule has 0 N–H and O–H groups in total. The van der Waals surface area contributed by atoms with E-state index in [9.17, 15) is 4.79 Å². The fourth-order valence-corrected chi connectivity index (χ4v) is 5.90. The number of hydrogen-bond acceptors (Lipinski definition) is 5. The number of hydrogen-bond donors (Lipinski definition) is 0. The molecular formula is C36H35FN4O2. The second-order valence-electron chi connectivity index (χ2n) is 10.9. The van der Waals surface area contributed by atoms with Crippen LogP contribution in [0.25, 0.3) is 10.9 Å². The Morgan fingerprint density at radius 3 is 1.88 bits per heavy atom. The maximum atomic E-state index is 15.5. The van der Waals surface area contributed by atoms with Gasteiger partial charge in [-0.25, -0.2) is 4.39 Å². The summed E-state index contributed by atoms with van der Waals surface area (Å²) in [7, 11) is 2.07. The number of nitrogens with zero attached hydrogens (tertiary/aromatic N) is 4. The lowest BCUT2D eigenvalue weighted by atomic mass is 9.80. The molecule has 0 spiro atoms. The third-order valence-corrected chi connectivity index (χ3v) is 8.28. The molecule has 5 aromatic rings. The van der Waals surface area contributed by atoms with Gasteiger partial charge in [0.15, 0.2) is 5.43 Å². The van der Waals surface area contributed by atoms with Crippen molar-refractivity contribution >= 4 is 22.8 Å². The molecular weight excluding hydrogens is 539 g/mol. The van der Waals surface area contributed by atoms with Crippen LogP contribution < -0.4 is 10.3 Å². The predicted octanol–water partition coefficient (Wildman–Crippen LogP) is 6.25. The van der Waals surface area contributed by atoms with E-state index in [0.717, 1.165) is 42.9 Å². The number of pyridine rings is 1. The standard InChI is InChI=1S/C36H35FN4O2/c1-3-40-26-27(35(42)31-23-32(37)34(24-33(31)40)41-21-19-39(2)20-22-41)25-38-43-36(28-13-7-4-8-14-28,29-15-9-5-10-16-29)30-17-11-6-12-18-30/h4-18,23-26H,3,19-22H2,1-2H3/b38-25+. The Morgan fingerprint density at radius 2 is 1.37 bits per heavy atom. The summed E-state index contributed by atoms with van der Waals surface area (Å²) in [6.45, 7) is 5.82. The second kappa shape index (κ2) is 12.2. The van der Waals surface area contributed by atoms with Crippen LogP contribution in [0.2, 0.25) is 0 Å². The first-order valence-corrected chi connectivity index (χ1v) is 14.7. The molecule has 218 valence electrons. The highest BCUT2D eigenvalue weighted by atomic mass is 19.1. The second-order valence-corrected chi connectivity index (χ2v) is 10.9. The zero-order valence-electron chi connectivity index (χ0n) is 24.5. The SMILES string of the molecule is CCn1cc(/C=N/OC(c2ccccc2)(c2ccccc2)c2ccccc2)c(=O)c2cc(F)c(N3CCN(C)CC3)cc21. The maximum absolute atomic E-state index is 15.5. The summed E-state index contributed by atoms with van der Waals surface area (Å²) in [6.07, 6.45) is 3.22. The Kier molecular flexibility index (Phi) is 8.07. The fourth-order valence-electron chi connectivity index (χ4n) is 5.90. The molecule has 1 aliphatic heterocycles. The van der Waals surface area contributed by atoms with E-state index in [4.69, 9.17) is 4.84 Å². The third kappa shape index (κ3) is 5.44. The number of likely N-dealkylation sites (N-methyl/N-ethyl adjacent to an activating group) is 1. The number of benzene rings is 4. The van der Waals surface area contributed by atoms with Crippen LogP contribution in [0.5, 0.6) is 0 Å². The first kappa shape index (κ1) is 28.4. The molecule has 1 saturated heterocycles. The topological polar surface area (TPSA) is 50.1 Å². The monoisotopic (exact) mass is 574 g/mol. The van der Waals surface area contributed by atoms with Crippen LogP contribution in [0.15, 0.2) is 119 Å². The van der Waals surface area contributed by atoms with E-state index in [2.05, 4.69) is 22.0 Å². The molecule has 43 heavy (non-hydrogen) atoms. The van der Waals surface area contributed by atoms with Gasteiger partial charge in [0.05, 0.1) is 23.0 Å². The number of fused-ring (bicyclic) bond motifs is 1. The van der Waals surface area contributed by atoms with E-state index < -0.39 is 11.4 Å². The van der Waals surface area contributed by atoms with Crippen molar-refractivity contribution in [2.45, 2.75) is 19.1 Å². The third-order valence-electron chi connectivity index (χ3n) is 8.28. The van der Waals surface area contributed by atoms with Crippen LogP contribution in [-0.2, 0) is 17.0 Å². The summed E-state index contributed by atoms with van der Waals surface area (Å²) in [6, 6.07) is 32.9. The number of piperazine rings is 1. The van der Waals surface area contributed by atoms with Crippen molar-refractivity contribution in [3.05, 3.63) is 148 Å². The van der Waals surface area contributed by atoms with E-state index >= 15 is 4.39 Å². The number of anilines is 1. The van der Waals surface area contributed by atoms with Crippen LogP contribution in [0.1, 0.15) is 29.2 Å². The minimum absolute atomic E-state index is 0.291. The Hall–Kier alpha value is -4.75. The van der Waals surface area contributed by atoms with Gasteiger partial charge in [0.1, 0.15) is 5.82 Å². The van der Waals surface area contributed by atoms with Crippen molar-refractivity contribution < 1.29 is 9.23 Å². The highest BCUT2D eigenvalue weighted by molar-refractivity contribution is 5.89. The molecule has 0 atom stereocenters. The van der Waals surface area contributed by atoms with Gasteiger partial charge in [-0.3, -0.25) is 4.79 Å². The van der Waals surface area contributed by atoms with Gasteiger partial charge in [0.2, 0.25) is 5.60 Å². The van der Waals surface area contributed by atoms with Gasteiger partial charge in [0.25, 0.3) is 0 Å². The van der Waals surface area contributed by atoms with Crippen molar-refractivity contribution in [1.82, 2.24) is 9.47 Å². The Balaban J connectivity index is 1.43. The molecule has 0 radical (unpaired) electrons. The van der Waals surface area contributed by atoms with Gasteiger partial charge in [0, 0.05) is 61.0 Å². The molecule has 0 unspecified atom stereocenters. The van der Waals surface area contributed by atoms with Gasteiger partial charge < -0.3 is 19.2 Å². The molecule has 2 heterocycles. The average molecular weight is 575 g/mol. The molecule has 4 aromatic carbocycles. The normalized spacial score (nSPS) is 14.4. The molecule has 6 rings (SSSR count).